The second-order valence-corrected chi connectivity index (χ2v) is 6.71. The molecule has 0 radical (unpaired) electrons. The highest BCUT2D eigenvalue weighted by Gasteiger charge is 2.28. The number of esters is 2. The van der Waals surface area contributed by atoms with Crippen LogP contribution < -0.4 is 0 Å². The summed E-state index contributed by atoms with van der Waals surface area (Å²) in [4.78, 5) is 60.1. The molecule has 2 amide bonds. The molecule has 1 aromatic carbocycles. The van der Waals surface area contributed by atoms with Gasteiger partial charge >= 0.3 is 11.9 Å². The highest BCUT2D eigenvalue weighted by Crippen LogP contribution is 2.11. The van der Waals surface area contributed by atoms with Crippen LogP contribution in [0.1, 0.15) is 18.1 Å². The number of ether oxygens (including phenoxy) is 2. The van der Waals surface area contributed by atoms with Gasteiger partial charge in [-0.2, -0.15) is 0 Å². The van der Waals surface area contributed by atoms with Crippen molar-refractivity contribution in [2.45, 2.75) is 32.5 Å². The van der Waals surface area contributed by atoms with Gasteiger partial charge < -0.3 is 19.3 Å². The summed E-state index contributed by atoms with van der Waals surface area (Å²) in [5.74, 6) is -2.12. The second kappa shape index (κ2) is 11.6. The molecule has 0 aromatic heterocycles. The topological polar surface area (TPSA) is 110 Å². The Morgan fingerprint density at radius 2 is 1.59 bits per heavy atom. The number of carbonyl (C=O) groups is 5. The van der Waals surface area contributed by atoms with Gasteiger partial charge in [-0.3, -0.25) is 24.0 Å². The lowest BCUT2D eigenvalue weighted by Crippen LogP contribution is -2.44. The van der Waals surface area contributed by atoms with E-state index in [0.717, 1.165) is 20.9 Å². The Bertz CT molecular complexity index is 733. The number of likely N-dealkylation sites (N-methyl/N-ethyl adjacent to an activating group) is 2. The van der Waals surface area contributed by atoms with Crippen molar-refractivity contribution in [3.05, 3.63) is 35.4 Å². The fraction of sp³-hybridized carbons (Fsp3) is 0.450. The summed E-state index contributed by atoms with van der Waals surface area (Å²) in [5.41, 5.74) is 1.79. The van der Waals surface area contributed by atoms with E-state index in [1.54, 1.807) is 12.1 Å². The number of amides is 2. The molecule has 9 nitrogen and oxygen atoms in total. The fourth-order valence-corrected chi connectivity index (χ4v) is 2.34. The summed E-state index contributed by atoms with van der Waals surface area (Å²) in [6.45, 7) is 2.59. The van der Waals surface area contributed by atoms with Crippen molar-refractivity contribution in [1.82, 2.24) is 9.80 Å². The lowest BCUT2D eigenvalue weighted by Gasteiger charge is -2.24. The first-order chi connectivity index (χ1) is 13.7. The van der Waals surface area contributed by atoms with Gasteiger partial charge in [0.05, 0.1) is 0 Å². The standard InChI is InChI=1S/C20H26N2O7/c1-14-5-7-16(8-6-14)9-17(29-18(25)10-21(3)13-24)20(27)22(4)11-19(26)28-15(2)12-23/h5-8,12-13,15,17H,9-11H2,1-4H3. The van der Waals surface area contributed by atoms with Crippen molar-refractivity contribution in [1.29, 1.82) is 0 Å². The number of nitrogens with zero attached hydrogens (tertiary/aromatic N) is 2. The molecule has 0 bridgehead atoms. The summed E-state index contributed by atoms with van der Waals surface area (Å²) in [7, 11) is 2.77. The van der Waals surface area contributed by atoms with Crippen LogP contribution in [0.4, 0.5) is 0 Å². The van der Waals surface area contributed by atoms with E-state index >= 15 is 0 Å². The first-order valence-corrected chi connectivity index (χ1v) is 8.96. The van der Waals surface area contributed by atoms with Gasteiger partial charge in [0.25, 0.3) is 5.91 Å². The van der Waals surface area contributed by atoms with Gasteiger partial charge in [0.1, 0.15) is 13.1 Å². The van der Waals surface area contributed by atoms with Gasteiger partial charge in [-0.05, 0) is 19.4 Å². The normalized spacial score (nSPS) is 12.3. The molecule has 0 spiro atoms. The zero-order valence-corrected chi connectivity index (χ0v) is 17.0. The largest absolute Gasteiger partial charge is 0.454 e. The van der Waals surface area contributed by atoms with Gasteiger partial charge in [-0.15, -0.1) is 0 Å². The van der Waals surface area contributed by atoms with Crippen molar-refractivity contribution in [3.63, 3.8) is 0 Å². The third kappa shape index (κ3) is 8.54. The van der Waals surface area contributed by atoms with E-state index in [1.807, 2.05) is 19.1 Å². The van der Waals surface area contributed by atoms with E-state index < -0.39 is 36.6 Å². The lowest BCUT2D eigenvalue weighted by molar-refractivity contribution is -0.163. The summed E-state index contributed by atoms with van der Waals surface area (Å²) in [5, 5.41) is 0. The van der Waals surface area contributed by atoms with Crippen molar-refractivity contribution in [2.24, 2.45) is 0 Å². The quantitative estimate of drug-likeness (QED) is 0.379. The molecule has 0 N–H and O–H groups in total. The molecule has 0 heterocycles. The number of hydrogen-bond donors (Lipinski definition) is 0. The molecule has 29 heavy (non-hydrogen) atoms. The molecule has 158 valence electrons. The van der Waals surface area contributed by atoms with Gasteiger partial charge in [0.15, 0.2) is 18.5 Å². The highest BCUT2D eigenvalue weighted by molar-refractivity contribution is 5.87. The molecule has 1 rings (SSSR count). The number of aldehydes is 1. The van der Waals surface area contributed by atoms with E-state index in [4.69, 9.17) is 9.47 Å². The molecule has 2 unspecified atom stereocenters. The van der Waals surface area contributed by atoms with E-state index in [0.29, 0.717) is 12.7 Å². The highest BCUT2D eigenvalue weighted by atomic mass is 16.6. The zero-order valence-electron chi connectivity index (χ0n) is 17.0. The summed E-state index contributed by atoms with van der Waals surface area (Å²) in [6.07, 6.45) is -1.09. The number of benzene rings is 1. The minimum absolute atomic E-state index is 0.0970. The number of aryl methyl sites for hydroxylation is 1. The van der Waals surface area contributed by atoms with Crippen LogP contribution in [-0.2, 0) is 39.9 Å². The maximum Gasteiger partial charge on any atom is 0.326 e. The predicted molar refractivity (Wildman–Crippen MR) is 103 cm³/mol. The monoisotopic (exact) mass is 406 g/mol. The van der Waals surface area contributed by atoms with Crippen LogP contribution in [0.15, 0.2) is 24.3 Å². The number of carbonyl (C=O) groups excluding carboxylic acids is 5. The average Bonchev–Trinajstić information content (AvgIpc) is 2.67. The van der Waals surface area contributed by atoms with Crippen molar-refractivity contribution < 1.29 is 33.4 Å². The first kappa shape index (κ1) is 23.8. The average molecular weight is 406 g/mol. The molecule has 2 atom stereocenters. The molecule has 0 aliphatic rings. The Hall–Kier alpha value is -3.23. The van der Waals surface area contributed by atoms with Crippen molar-refractivity contribution in [3.8, 4) is 0 Å². The van der Waals surface area contributed by atoms with Crippen LogP contribution in [0, 0.1) is 6.92 Å². The Balaban J connectivity index is 2.89. The summed E-state index contributed by atoms with van der Waals surface area (Å²) in [6, 6.07) is 7.34. The molecule has 0 saturated carbocycles. The maximum atomic E-state index is 12.8. The predicted octanol–water partition coefficient (Wildman–Crippen LogP) is 0.127. The van der Waals surface area contributed by atoms with Crippen molar-refractivity contribution >= 4 is 30.5 Å². The first-order valence-electron chi connectivity index (χ1n) is 8.96. The molecular formula is C20H26N2O7. The molecule has 9 heteroatoms. The summed E-state index contributed by atoms with van der Waals surface area (Å²) >= 11 is 0. The van der Waals surface area contributed by atoms with E-state index in [9.17, 15) is 24.0 Å². The smallest absolute Gasteiger partial charge is 0.326 e. The van der Waals surface area contributed by atoms with E-state index in [-0.39, 0.29) is 13.0 Å². The third-order valence-electron chi connectivity index (χ3n) is 3.90. The van der Waals surface area contributed by atoms with Crippen LogP contribution >= 0.6 is 0 Å². The zero-order chi connectivity index (χ0) is 22.0. The summed E-state index contributed by atoms with van der Waals surface area (Å²) < 4.78 is 10.1. The van der Waals surface area contributed by atoms with Gasteiger partial charge in [-0.25, -0.2) is 0 Å². The van der Waals surface area contributed by atoms with E-state index in [1.165, 1.54) is 21.0 Å². The Morgan fingerprint density at radius 1 is 1.00 bits per heavy atom. The Morgan fingerprint density at radius 3 is 2.14 bits per heavy atom. The van der Waals surface area contributed by atoms with Crippen molar-refractivity contribution in [2.75, 3.05) is 27.2 Å². The minimum Gasteiger partial charge on any atom is -0.454 e. The maximum absolute atomic E-state index is 12.8. The molecule has 0 aliphatic heterocycles. The molecule has 1 aromatic rings. The lowest BCUT2D eigenvalue weighted by atomic mass is 10.1. The molecule has 0 fully saturated rings. The van der Waals surface area contributed by atoms with Gasteiger partial charge in [-0.1, -0.05) is 29.8 Å². The van der Waals surface area contributed by atoms with Crippen LogP contribution in [-0.4, -0.2) is 79.7 Å². The van der Waals surface area contributed by atoms with Crippen LogP contribution in [0.2, 0.25) is 0 Å². The SMILES string of the molecule is Cc1ccc(CC(OC(=O)CN(C)C=O)C(=O)N(C)CC(=O)OC(C)C=O)cc1. The second-order valence-electron chi connectivity index (χ2n) is 6.71. The third-order valence-corrected chi connectivity index (χ3v) is 3.90. The van der Waals surface area contributed by atoms with E-state index in [2.05, 4.69) is 0 Å². The fourth-order valence-electron chi connectivity index (χ4n) is 2.34. The Labute approximate surface area is 169 Å². The van der Waals surface area contributed by atoms with Crippen LogP contribution in [0.25, 0.3) is 0 Å². The minimum atomic E-state index is -1.19. The van der Waals surface area contributed by atoms with Gasteiger partial charge in [0.2, 0.25) is 6.41 Å². The van der Waals surface area contributed by atoms with Crippen LogP contribution in [0.5, 0.6) is 0 Å². The Kier molecular flexibility index (Phi) is 9.50. The number of hydrogen-bond acceptors (Lipinski definition) is 7. The molecule has 0 aliphatic carbocycles. The number of rotatable bonds is 11. The molecular weight excluding hydrogens is 380 g/mol. The van der Waals surface area contributed by atoms with Gasteiger partial charge in [0, 0.05) is 20.5 Å². The molecule has 0 saturated heterocycles. The van der Waals surface area contributed by atoms with Crippen LogP contribution in [0.3, 0.4) is 0 Å².